The van der Waals surface area contributed by atoms with Crippen molar-refractivity contribution < 1.29 is 9.59 Å². The number of amides is 2. The predicted octanol–water partition coefficient (Wildman–Crippen LogP) is 3.28. The average Bonchev–Trinajstić information content (AvgIpc) is 3.34. The van der Waals surface area contributed by atoms with Crippen LogP contribution in [0.3, 0.4) is 0 Å². The van der Waals surface area contributed by atoms with Gasteiger partial charge in [-0.05, 0) is 37.2 Å². The van der Waals surface area contributed by atoms with Crippen LogP contribution in [-0.4, -0.2) is 57.8 Å². The Kier molecular flexibility index (Phi) is 4.66. The van der Waals surface area contributed by atoms with Crippen molar-refractivity contribution in [3.63, 3.8) is 0 Å². The van der Waals surface area contributed by atoms with Crippen molar-refractivity contribution in [1.82, 2.24) is 9.80 Å². The molecular weight excluding hydrogens is 356 g/mol. The fourth-order valence-electron chi connectivity index (χ4n) is 5.24. The van der Waals surface area contributed by atoms with Crippen LogP contribution in [0.1, 0.15) is 50.0 Å². The third-order valence-corrected chi connectivity index (χ3v) is 8.24. The van der Waals surface area contributed by atoms with Crippen LogP contribution in [0.4, 0.5) is 0 Å². The standard InChI is InChI=1S/C22H28N2O2S/c25-21(14-27-18-8-4-5-9-18)23-12-16-10-17(13-23)24(16)22(26)20-11-19(20)15-6-2-1-3-7-15/h1-3,6-7,16-20H,4-5,8-14H2. The van der Waals surface area contributed by atoms with Gasteiger partial charge in [-0.2, -0.15) is 0 Å². The number of fused-ring (bicyclic) bond motifs is 2. The van der Waals surface area contributed by atoms with Crippen LogP contribution in [0.5, 0.6) is 0 Å². The van der Waals surface area contributed by atoms with E-state index in [0.717, 1.165) is 25.9 Å². The Balaban J connectivity index is 1.13. The van der Waals surface area contributed by atoms with Gasteiger partial charge in [-0.15, -0.1) is 11.8 Å². The van der Waals surface area contributed by atoms with E-state index in [0.29, 0.717) is 22.8 Å². The minimum atomic E-state index is 0.165. The summed E-state index contributed by atoms with van der Waals surface area (Å²) in [5.74, 6) is 1.80. The molecule has 1 aromatic rings. The van der Waals surface area contributed by atoms with Crippen LogP contribution in [0.2, 0.25) is 0 Å². The molecule has 2 aliphatic carbocycles. The molecule has 5 heteroatoms. The summed E-state index contributed by atoms with van der Waals surface area (Å²) in [5, 5.41) is 0.691. The number of hydrogen-bond donors (Lipinski definition) is 0. The lowest BCUT2D eigenvalue weighted by Gasteiger charge is -2.56. The first-order valence-electron chi connectivity index (χ1n) is 10.5. The zero-order valence-corrected chi connectivity index (χ0v) is 16.6. The summed E-state index contributed by atoms with van der Waals surface area (Å²) in [4.78, 5) is 29.7. The minimum absolute atomic E-state index is 0.165. The highest BCUT2D eigenvalue weighted by molar-refractivity contribution is 8.00. The van der Waals surface area contributed by atoms with Gasteiger partial charge in [0.1, 0.15) is 0 Å². The monoisotopic (exact) mass is 384 g/mol. The third kappa shape index (κ3) is 3.39. The van der Waals surface area contributed by atoms with E-state index in [2.05, 4.69) is 29.2 Å². The lowest BCUT2D eigenvalue weighted by atomic mass is 9.86. The Bertz CT molecular complexity index is 706. The average molecular weight is 385 g/mol. The van der Waals surface area contributed by atoms with Gasteiger partial charge in [0.05, 0.1) is 17.8 Å². The van der Waals surface area contributed by atoms with Gasteiger partial charge in [-0.25, -0.2) is 0 Å². The topological polar surface area (TPSA) is 40.6 Å². The molecule has 3 heterocycles. The summed E-state index contributed by atoms with van der Waals surface area (Å²) >= 11 is 1.85. The highest BCUT2D eigenvalue weighted by Crippen LogP contribution is 2.50. The second-order valence-corrected chi connectivity index (χ2v) is 9.95. The van der Waals surface area contributed by atoms with E-state index in [1.54, 1.807) is 0 Å². The fourth-order valence-corrected chi connectivity index (χ4v) is 6.46. The first-order chi connectivity index (χ1) is 13.2. The summed E-state index contributed by atoms with van der Waals surface area (Å²) < 4.78 is 0. The van der Waals surface area contributed by atoms with Crippen LogP contribution < -0.4 is 0 Å². The van der Waals surface area contributed by atoms with Crippen molar-refractivity contribution in [3.05, 3.63) is 35.9 Å². The van der Waals surface area contributed by atoms with Gasteiger partial charge in [-0.1, -0.05) is 43.2 Å². The molecule has 0 N–H and O–H groups in total. The third-order valence-electron chi connectivity index (χ3n) is 6.88. The number of benzene rings is 1. The Morgan fingerprint density at radius 3 is 2.41 bits per heavy atom. The van der Waals surface area contributed by atoms with Crippen molar-refractivity contribution in [2.45, 2.75) is 61.8 Å². The van der Waals surface area contributed by atoms with E-state index in [-0.39, 0.29) is 23.9 Å². The Hall–Kier alpha value is -1.49. The summed E-state index contributed by atoms with van der Waals surface area (Å²) in [6, 6.07) is 10.9. The smallest absolute Gasteiger partial charge is 0.232 e. The van der Waals surface area contributed by atoms with Gasteiger partial charge in [0, 0.05) is 24.3 Å². The number of piperidine rings is 1. The maximum atomic E-state index is 13.0. The van der Waals surface area contributed by atoms with Crippen molar-refractivity contribution in [3.8, 4) is 0 Å². The Labute approximate surface area is 165 Å². The summed E-state index contributed by atoms with van der Waals surface area (Å²) in [7, 11) is 0. The predicted molar refractivity (Wildman–Crippen MR) is 108 cm³/mol. The molecule has 3 saturated heterocycles. The molecule has 3 aliphatic heterocycles. The van der Waals surface area contributed by atoms with Crippen LogP contribution in [-0.2, 0) is 9.59 Å². The number of piperazine rings is 1. The van der Waals surface area contributed by atoms with E-state index in [1.807, 2.05) is 22.7 Å². The lowest BCUT2D eigenvalue weighted by molar-refractivity contribution is -0.161. The zero-order valence-electron chi connectivity index (χ0n) is 15.8. The SMILES string of the molecule is O=C(CSC1CCCC1)N1CC2CC(C1)N2C(=O)C1CC1c1ccccc1. The minimum Gasteiger partial charge on any atom is -0.338 e. The number of rotatable bonds is 5. The van der Waals surface area contributed by atoms with Gasteiger partial charge in [0.2, 0.25) is 11.8 Å². The molecule has 144 valence electrons. The highest BCUT2D eigenvalue weighted by Gasteiger charge is 2.54. The number of carbonyl (C=O) groups is 2. The first kappa shape index (κ1) is 17.6. The number of nitrogens with zero attached hydrogens (tertiary/aromatic N) is 2. The molecule has 4 nitrogen and oxygen atoms in total. The molecule has 2 saturated carbocycles. The first-order valence-corrected chi connectivity index (χ1v) is 11.5. The molecule has 2 bridgehead atoms. The van der Waals surface area contributed by atoms with E-state index in [1.165, 1.54) is 31.2 Å². The zero-order chi connectivity index (χ0) is 18.4. The highest BCUT2D eigenvalue weighted by atomic mass is 32.2. The Morgan fingerprint density at radius 2 is 1.70 bits per heavy atom. The van der Waals surface area contributed by atoms with Crippen LogP contribution in [0, 0.1) is 5.92 Å². The van der Waals surface area contributed by atoms with Gasteiger partial charge in [-0.3, -0.25) is 9.59 Å². The van der Waals surface area contributed by atoms with E-state index in [4.69, 9.17) is 0 Å². The van der Waals surface area contributed by atoms with Gasteiger partial charge in [0.25, 0.3) is 0 Å². The summed E-state index contributed by atoms with van der Waals surface area (Å²) in [5.41, 5.74) is 1.29. The van der Waals surface area contributed by atoms with Crippen LogP contribution in [0.25, 0.3) is 0 Å². The molecule has 0 spiro atoms. The van der Waals surface area contributed by atoms with Crippen molar-refractivity contribution >= 4 is 23.6 Å². The largest absolute Gasteiger partial charge is 0.338 e. The second kappa shape index (κ2) is 7.16. The van der Waals surface area contributed by atoms with Crippen molar-refractivity contribution in [1.29, 1.82) is 0 Å². The molecule has 4 unspecified atom stereocenters. The maximum absolute atomic E-state index is 13.0. The van der Waals surface area contributed by atoms with Gasteiger partial charge >= 0.3 is 0 Å². The molecule has 2 amide bonds. The summed E-state index contributed by atoms with van der Waals surface area (Å²) in [6.07, 6.45) is 7.25. The normalized spacial score (nSPS) is 32.3. The number of hydrogen-bond acceptors (Lipinski definition) is 3. The van der Waals surface area contributed by atoms with E-state index in [9.17, 15) is 9.59 Å². The van der Waals surface area contributed by atoms with Crippen LogP contribution >= 0.6 is 11.8 Å². The quantitative estimate of drug-likeness (QED) is 0.782. The fraction of sp³-hybridized carbons (Fsp3) is 0.636. The van der Waals surface area contributed by atoms with Gasteiger partial charge in [0.15, 0.2) is 0 Å². The molecular formula is C22H28N2O2S. The molecule has 5 aliphatic rings. The molecule has 0 aromatic heterocycles. The number of thioether (sulfide) groups is 1. The molecule has 1 aromatic carbocycles. The molecule has 5 fully saturated rings. The van der Waals surface area contributed by atoms with E-state index < -0.39 is 0 Å². The maximum Gasteiger partial charge on any atom is 0.232 e. The molecule has 27 heavy (non-hydrogen) atoms. The van der Waals surface area contributed by atoms with Gasteiger partial charge < -0.3 is 9.80 Å². The summed E-state index contributed by atoms with van der Waals surface area (Å²) in [6.45, 7) is 1.49. The van der Waals surface area contributed by atoms with E-state index >= 15 is 0 Å². The molecule has 0 radical (unpaired) electrons. The van der Waals surface area contributed by atoms with Crippen molar-refractivity contribution in [2.24, 2.45) is 5.92 Å². The molecule has 4 atom stereocenters. The molecule has 6 rings (SSSR count). The lowest BCUT2D eigenvalue weighted by Crippen LogP contribution is -2.71. The second-order valence-electron chi connectivity index (χ2n) is 8.66. The van der Waals surface area contributed by atoms with Crippen molar-refractivity contribution in [2.75, 3.05) is 18.8 Å². The number of carbonyl (C=O) groups excluding carboxylic acids is 2. The Morgan fingerprint density at radius 1 is 1.00 bits per heavy atom. The van der Waals surface area contributed by atoms with Crippen LogP contribution in [0.15, 0.2) is 30.3 Å².